The number of benzene rings is 3. The highest BCUT2D eigenvalue weighted by atomic mass is 16.5. The van der Waals surface area contributed by atoms with E-state index in [0.29, 0.717) is 24.5 Å². The molecule has 1 aliphatic rings. The molecule has 0 spiro atoms. The van der Waals surface area contributed by atoms with Crippen LogP contribution < -0.4 is 20.3 Å². The standard InChI is InChI=1S/C29H31N3O4/c1-20-14-21(2)16-24(15-20)31-27(33)19-36-26-10-8-25(9-11-26)32-18-23(17-28(32)34)29(35)30-13-12-22-6-4-3-5-7-22/h3-11,14-16,23H,12-13,17-19H2,1-2H3,(H,30,35)(H,31,33)/t23-/m1/s1. The van der Waals surface area contributed by atoms with Crippen LogP contribution in [0.2, 0.25) is 0 Å². The van der Waals surface area contributed by atoms with Crippen LogP contribution in [0.25, 0.3) is 0 Å². The third kappa shape index (κ3) is 6.72. The Morgan fingerprint density at radius 2 is 1.67 bits per heavy atom. The van der Waals surface area contributed by atoms with Gasteiger partial charge in [-0.15, -0.1) is 0 Å². The molecule has 2 N–H and O–H groups in total. The zero-order valence-electron chi connectivity index (χ0n) is 20.6. The van der Waals surface area contributed by atoms with Crippen LogP contribution in [0.1, 0.15) is 23.1 Å². The molecule has 1 saturated heterocycles. The van der Waals surface area contributed by atoms with Crippen molar-refractivity contribution in [2.75, 3.05) is 29.9 Å². The van der Waals surface area contributed by atoms with Crippen molar-refractivity contribution in [2.24, 2.45) is 5.92 Å². The van der Waals surface area contributed by atoms with Crippen molar-refractivity contribution in [3.8, 4) is 5.75 Å². The van der Waals surface area contributed by atoms with E-state index in [1.54, 1.807) is 29.2 Å². The van der Waals surface area contributed by atoms with Crippen LogP contribution in [-0.4, -0.2) is 37.4 Å². The molecule has 0 aliphatic carbocycles. The van der Waals surface area contributed by atoms with Gasteiger partial charge in [0, 0.05) is 30.9 Å². The molecule has 7 heteroatoms. The smallest absolute Gasteiger partial charge is 0.262 e. The third-order valence-corrected chi connectivity index (χ3v) is 6.08. The van der Waals surface area contributed by atoms with Crippen LogP contribution in [0.4, 0.5) is 11.4 Å². The Morgan fingerprint density at radius 1 is 0.972 bits per heavy atom. The molecule has 3 amide bonds. The second-order valence-electron chi connectivity index (χ2n) is 9.14. The van der Waals surface area contributed by atoms with Gasteiger partial charge in [0.05, 0.1) is 5.92 Å². The zero-order valence-corrected chi connectivity index (χ0v) is 20.6. The molecule has 3 aromatic carbocycles. The fraction of sp³-hybridized carbons (Fsp3) is 0.276. The molecule has 0 aromatic heterocycles. The highest BCUT2D eigenvalue weighted by molar-refractivity contribution is 6.00. The number of nitrogens with one attached hydrogen (secondary N) is 2. The molecule has 186 valence electrons. The second kappa shape index (κ2) is 11.5. The molecule has 0 saturated carbocycles. The Labute approximate surface area is 211 Å². The molecule has 1 atom stereocenters. The fourth-order valence-corrected chi connectivity index (χ4v) is 4.37. The molecule has 1 heterocycles. The van der Waals surface area contributed by atoms with Crippen LogP contribution in [0.3, 0.4) is 0 Å². The van der Waals surface area contributed by atoms with Crippen LogP contribution in [0.15, 0.2) is 72.8 Å². The van der Waals surface area contributed by atoms with E-state index in [0.717, 1.165) is 28.8 Å². The predicted molar refractivity (Wildman–Crippen MR) is 140 cm³/mol. The van der Waals surface area contributed by atoms with Crippen LogP contribution in [0, 0.1) is 19.8 Å². The van der Waals surface area contributed by atoms with Crippen molar-refractivity contribution >= 4 is 29.1 Å². The summed E-state index contributed by atoms with van der Waals surface area (Å²) in [6, 6.07) is 22.8. The number of amides is 3. The summed E-state index contributed by atoms with van der Waals surface area (Å²) in [4.78, 5) is 39.0. The average molecular weight is 486 g/mol. The van der Waals surface area contributed by atoms with Crippen molar-refractivity contribution < 1.29 is 19.1 Å². The number of aryl methyl sites for hydroxylation is 2. The topological polar surface area (TPSA) is 87.7 Å². The van der Waals surface area contributed by atoms with Gasteiger partial charge >= 0.3 is 0 Å². The minimum absolute atomic E-state index is 0.0836. The second-order valence-corrected chi connectivity index (χ2v) is 9.14. The minimum atomic E-state index is -0.377. The minimum Gasteiger partial charge on any atom is -0.484 e. The highest BCUT2D eigenvalue weighted by Gasteiger charge is 2.34. The Balaban J connectivity index is 1.24. The Hall–Kier alpha value is -4.13. The van der Waals surface area contributed by atoms with Crippen LogP contribution >= 0.6 is 0 Å². The molecular formula is C29H31N3O4. The van der Waals surface area contributed by atoms with E-state index in [4.69, 9.17) is 4.74 Å². The molecule has 1 fully saturated rings. The van der Waals surface area contributed by atoms with Gasteiger partial charge in [0.1, 0.15) is 5.75 Å². The fourth-order valence-electron chi connectivity index (χ4n) is 4.37. The molecule has 0 unspecified atom stereocenters. The summed E-state index contributed by atoms with van der Waals surface area (Å²) in [5.41, 5.74) is 4.75. The number of hydrogen-bond acceptors (Lipinski definition) is 4. The summed E-state index contributed by atoms with van der Waals surface area (Å²) >= 11 is 0. The third-order valence-electron chi connectivity index (χ3n) is 6.08. The summed E-state index contributed by atoms with van der Waals surface area (Å²) < 4.78 is 5.61. The number of nitrogens with zero attached hydrogens (tertiary/aromatic N) is 1. The number of carbonyl (C=O) groups excluding carboxylic acids is 3. The number of ether oxygens (including phenoxy) is 1. The lowest BCUT2D eigenvalue weighted by atomic mass is 10.1. The van der Waals surface area contributed by atoms with Crippen LogP contribution in [-0.2, 0) is 20.8 Å². The molecule has 4 rings (SSSR count). The first-order valence-corrected chi connectivity index (χ1v) is 12.1. The largest absolute Gasteiger partial charge is 0.484 e. The van der Waals surface area contributed by atoms with Gasteiger partial charge in [0.15, 0.2) is 6.61 Å². The monoisotopic (exact) mass is 485 g/mol. The maximum Gasteiger partial charge on any atom is 0.262 e. The molecule has 0 radical (unpaired) electrons. The Bertz CT molecular complexity index is 1200. The van der Waals surface area contributed by atoms with Crippen LogP contribution in [0.5, 0.6) is 5.75 Å². The SMILES string of the molecule is Cc1cc(C)cc(NC(=O)COc2ccc(N3C[C@H](C(=O)NCCc4ccccc4)CC3=O)cc2)c1. The first-order valence-electron chi connectivity index (χ1n) is 12.1. The molecule has 0 bridgehead atoms. The summed E-state index contributed by atoms with van der Waals surface area (Å²) in [5.74, 6) is -0.287. The first kappa shape index (κ1) is 25.0. The molecule has 3 aromatic rings. The maximum atomic E-state index is 12.6. The van der Waals surface area contributed by atoms with Gasteiger partial charge in [-0.05, 0) is 73.4 Å². The Kier molecular flexibility index (Phi) is 8.00. The average Bonchev–Trinajstić information content (AvgIpc) is 3.25. The number of hydrogen-bond donors (Lipinski definition) is 2. The normalized spacial score (nSPS) is 15.0. The molecule has 7 nitrogen and oxygen atoms in total. The van der Waals surface area contributed by atoms with Gasteiger partial charge in [-0.1, -0.05) is 36.4 Å². The lowest BCUT2D eigenvalue weighted by Crippen LogP contribution is -2.34. The first-order chi connectivity index (χ1) is 17.4. The van der Waals surface area contributed by atoms with E-state index in [-0.39, 0.29) is 36.7 Å². The van der Waals surface area contributed by atoms with Crippen molar-refractivity contribution in [3.05, 3.63) is 89.5 Å². The van der Waals surface area contributed by atoms with Gasteiger partial charge in [0.25, 0.3) is 5.91 Å². The van der Waals surface area contributed by atoms with Gasteiger partial charge in [-0.25, -0.2) is 0 Å². The van der Waals surface area contributed by atoms with Gasteiger partial charge in [0.2, 0.25) is 11.8 Å². The van der Waals surface area contributed by atoms with E-state index < -0.39 is 0 Å². The van der Waals surface area contributed by atoms with E-state index in [1.165, 1.54) is 0 Å². The highest BCUT2D eigenvalue weighted by Crippen LogP contribution is 2.27. The maximum absolute atomic E-state index is 12.6. The Morgan fingerprint density at radius 3 is 2.36 bits per heavy atom. The van der Waals surface area contributed by atoms with E-state index in [9.17, 15) is 14.4 Å². The lowest BCUT2D eigenvalue weighted by Gasteiger charge is -2.17. The van der Waals surface area contributed by atoms with E-state index in [1.807, 2.05) is 62.4 Å². The van der Waals surface area contributed by atoms with Crippen molar-refractivity contribution in [1.82, 2.24) is 5.32 Å². The quantitative estimate of drug-likeness (QED) is 0.479. The van der Waals surface area contributed by atoms with Crippen molar-refractivity contribution in [2.45, 2.75) is 26.7 Å². The summed E-state index contributed by atoms with van der Waals surface area (Å²) in [6.07, 6.45) is 0.940. The molecular weight excluding hydrogens is 454 g/mol. The number of carbonyl (C=O) groups is 3. The van der Waals surface area contributed by atoms with Crippen molar-refractivity contribution in [3.63, 3.8) is 0 Å². The van der Waals surface area contributed by atoms with Crippen molar-refractivity contribution in [1.29, 1.82) is 0 Å². The van der Waals surface area contributed by atoms with E-state index >= 15 is 0 Å². The number of anilines is 2. The summed E-state index contributed by atoms with van der Waals surface area (Å²) in [7, 11) is 0. The van der Waals surface area contributed by atoms with E-state index in [2.05, 4.69) is 10.6 Å². The zero-order chi connectivity index (χ0) is 25.5. The summed E-state index contributed by atoms with van der Waals surface area (Å²) in [5, 5.41) is 5.79. The number of rotatable bonds is 9. The van der Waals surface area contributed by atoms with Gasteiger partial charge < -0.3 is 20.3 Å². The predicted octanol–water partition coefficient (Wildman–Crippen LogP) is 4.03. The summed E-state index contributed by atoms with van der Waals surface area (Å²) in [6.45, 7) is 4.71. The molecule has 1 aliphatic heterocycles. The molecule has 36 heavy (non-hydrogen) atoms. The van der Waals surface area contributed by atoms with Gasteiger partial charge in [-0.2, -0.15) is 0 Å². The lowest BCUT2D eigenvalue weighted by molar-refractivity contribution is -0.126. The van der Waals surface area contributed by atoms with Gasteiger partial charge in [-0.3, -0.25) is 14.4 Å².